The van der Waals surface area contributed by atoms with Crippen molar-refractivity contribution >= 4 is 17.7 Å². The predicted molar refractivity (Wildman–Crippen MR) is 118 cm³/mol. The number of aryl methyl sites for hydroxylation is 2. The molecule has 0 bridgehead atoms. The highest BCUT2D eigenvalue weighted by Crippen LogP contribution is 2.17. The fraction of sp³-hybridized carbons (Fsp3) is 0.375. The molecule has 0 aliphatic carbocycles. The van der Waals surface area contributed by atoms with E-state index in [9.17, 15) is 14.4 Å². The van der Waals surface area contributed by atoms with Crippen LogP contribution in [0.3, 0.4) is 0 Å². The summed E-state index contributed by atoms with van der Waals surface area (Å²) >= 11 is 0. The van der Waals surface area contributed by atoms with Gasteiger partial charge in [0.05, 0.1) is 6.54 Å². The van der Waals surface area contributed by atoms with Crippen LogP contribution in [0.15, 0.2) is 48.5 Å². The summed E-state index contributed by atoms with van der Waals surface area (Å²) in [6, 6.07) is 14.5. The van der Waals surface area contributed by atoms with Gasteiger partial charge in [-0.2, -0.15) is 0 Å². The second-order valence-electron chi connectivity index (χ2n) is 7.81. The van der Waals surface area contributed by atoms with Crippen molar-refractivity contribution in [3.05, 3.63) is 65.2 Å². The van der Waals surface area contributed by atoms with E-state index in [2.05, 4.69) is 10.6 Å². The average Bonchev–Trinajstić information content (AvgIpc) is 2.79. The number of carbonyl (C=O) groups is 3. The first-order chi connectivity index (χ1) is 14.9. The summed E-state index contributed by atoms with van der Waals surface area (Å²) in [5.41, 5.74) is 2.83. The minimum absolute atomic E-state index is 0.00500. The van der Waals surface area contributed by atoms with Crippen molar-refractivity contribution in [1.82, 2.24) is 15.5 Å². The van der Waals surface area contributed by atoms with Crippen LogP contribution in [0.4, 0.5) is 0 Å². The van der Waals surface area contributed by atoms with E-state index >= 15 is 0 Å². The van der Waals surface area contributed by atoms with Crippen molar-refractivity contribution < 1.29 is 19.1 Å². The summed E-state index contributed by atoms with van der Waals surface area (Å²) in [6.45, 7) is 5.11. The van der Waals surface area contributed by atoms with Gasteiger partial charge in [0, 0.05) is 24.7 Å². The molecular formula is C24H29N3O4. The van der Waals surface area contributed by atoms with Gasteiger partial charge in [-0.1, -0.05) is 24.3 Å². The molecule has 0 radical (unpaired) electrons. The van der Waals surface area contributed by atoms with Gasteiger partial charge in [-0.3, -0.25) is 14.4 Å². The summed E-state index contributed by atoms with van der Waals surface area (Å²) in [5.74, 6) is 0.126. The molecule has 0 unspecified atom stereocenters. The Morgan fingerprint density at radius 2 is 1.71 bits per heavy atom. The molecule has 0 atom stereocenters. The van der Waals surface area contributed by atoms with Crippen LogP contribution in [0.5, 0.6) is 5.75 Å². The van der Waals surface area contributed by atoms with E-state index in [0.29, 0.717) is 37.2 Å². The molecule has 2 N–H and O–H groups in total. The summed E-state index contributed by atoms with van der Waals surface area (Å²) in [7, 11) is 0. The first-order valence-electron chi connectivity index (χ1n) is 10.5. The quantitative estimate of drug-likeness (QED) is 0.715. The molecule has 1 aliphatic rings. The number of hydrogen-bond acceptors (Lipinski definition) is 4. The Morgan fingerprint density at radius 1 is 1.00 bits per heavy atom. The Kier molecular flexibility index (Phi) is 7.65. The summed E-state index contributed by atoms with van der Waals surface area (Å²) in [5, 5.41) is 5.55. The standard InChI is InChI=1S/C24H29N3O4/c1-17-8-9-21(14-18(17)2)31-16-23(29)27-12-10-20(11-13-27)26-22(28)15-25-24(30)19-6-4-3-5-7-19/h3-9,14,20H,10-13,15-16H2,1-2H3,(H,25,30)(H,26,28). The molecule has 7 nitrogen and oxygen atoms in total. The molecule has 164 valence electrons. The van der Waals surface area contributed by atoms with Gasteiger partial charge in [-0.15, -0.1) is 0 Å². The van der Waals surface area contributed by atoms with E-state index in [1.807, 2.05) is 38.1 Å². The number of rotatable bonds is 7. The number of nitrogens with zero attached hydrogens (tertiary/aromatic N) is 1. The molecule has 0 saturated carbocycles. The Labute approximate surface area is 182 Å². The van der Waals surface area contributed by atoms with E-state index in [0.717, 1.165) is 5.56 Å². The van der Waals surface area contributed by atoms with Gasteiger partial charge >= 0.3 is 0 Å². The number of likely N-dealkylation sites (tertiary alicyclic amines) is 1. The van der Waals surface area contributed by atoms with Crippen LogP contribution in [0.25, 0.3) is 0 Å². The van der Waals surface area contributed by atoms with Crippen LogP contribution >= 0.6 is 0 Å². The molecule has 7 heteroatoms. The fourth-order valence-corrected chi connectivity index (χ4v) is 3.44. The normalized spacial score (nSPS) is 14.1. The van der Waals surface area contributed by atoms with Gasteiger partial charge in [0.15, 0.2) is 6.61 Å². The first kappa shape index (κ1) is 22.3. The number of carbonyl (C=O) groups excluding carboxylic acids is 3. The van der Waals surface area contributed by atoms with Crippen LogP contribution in [-0.4, -0.2) is 54.9 Å². The highest BCUT2D eigenvalue weighted by atomic mass is 16.5. The molecule has 1 saturated heterocycles. The highest BCUT2D eigenvalue weighted by Gasteiger charge is 2.24. The summed E-state index contributed by atoms with van der Waals surface area (Å²) in [4.78, 5) is 38.4. The Hall–Kier alpha value is -3.35. The monoisotopic (exact) mass is 423 g/mol. The van der Waals surface area contributed by atoms with Gasteiger partial charge in [0.2, 0.25) is 5.91 Å². The maximum Gasteiger partial charge on any atom is 0.260 e. The molecule has 2 aromatic carbocycles. The van der Waals surface area contributed by atoms with Crippen LogP contribution in [0.1, 0.15) is 34.3 Å². The van der Waals surface area contributed by atoms with Gasteiger partial charge < -0.3 is 20.3 Å². The molecule has 0 spiro atoms. The number of hydrogen-bond donors (Lipinski definition) is 2. The smallest absolute Gasteiger partial charge is 0.260 e. The molecule has 3 amide bonds. The molecule has 2 aromatic rings. The lowest BCUT2D eigenvalue weighted by Crippen LogP contribution is -2.49. The number of nitrogens with one attached hydrogen (secondary N) is 2. The minimum atomic E-state index is -0.278. The number of piperidine rings is 1. The average molecular weight is 424 g/mol. The zero-order valence-electron chi connectivity index (χ0n) is 18.0. The number of benzene rings is 2. The lowest BCUT2D eigenvalue weighted by Gasteiger charge is -2.32. The van der Waals surface area contributed by atoms with Crippen molar-refractivity contribution in [2.75, 3.05) is 26.2 Å². The Bertz CT molecular complexity index is 922. The van der Waals surface area contributed by atoms with Crippen molar-refractivity contribution in [1.29, 1.82) is 0 Å². The third kappa shape index (κ3) is 6.57. The largest absolute Gasteiger partial charge is 0.484 e. The summed E-state index contributed by atoms with van der Waals surface area (Å²) < 4.78 is 5.64. The van der Waals surface area contributed by atoms with Crippen LogP contribution in [0.2, 0.25) is 0 Å². The Morgan fingerprint density at radius 3 is 2.39 bits per heavy atom. The molecule has 31 heavy (non-hydrogen) atoms. The first-order valence-corrected chi connectivity index (χ1v) is 10.5. The van der Waals surface area contributed by atoms with Crippen LogP contribution in [-0.2, 0) is 9.59 Å². The zero-order chi connectivity index (χ0) is 22.2. The maximum atomic E-state index is 12.4. The lowest BCUT2D eigenvalue weighted by atomic mass is 10.0. The van der Waals surface area contributed by atoms with E-state index in [4.69, 9.17) is 4.74 Å². The molecular weight excluding hydrogens is 394 g/mol. The molecule has 1 heterocycles. The molecule has 3 rings (SSSR count). The van der Waals surface area contributed by atoms with Gasteiger partial charge in [0.1, 0.15) is 5.75 Å². The van der Waals surface area contributed by atoms with Crippen molar-refractivity contribution in [3.8, 4) is 5.75 Å². The maximum absolute atomic E-state index is 12.4. The van der Waals surface area contributed by atoms with Crippen LogP contribution in [0, 0.1) is 13.8 Å². The van der Waals surface area contributed by atoms with Crippen molar-refractivity contribution in [2.45, 2.75) is 32.7 Å². The van der Waals surface area contributed by atoms with Gasteiger partial charge in [0.25, 0.3) is 11.8 Å². The van der Waals surface area contributed by atoms with Crippen molar-refractivity contribution in [3.63, 3.8) is 0 Å². The minimum Gasteiger partial charge on any atom is -0.484 e. The van der Waals surface area contributed by atoms with Gasteiger partial charge in [-0.25, -0.2) is 0 Å². The van der Waals surface area contributed by atoms with E-state index in [1.54, 1.807) is 29.2 Å². The zero-order valence-corrected chi connectivity index (χ0v) is 18.0. The summed E-state index contributed by atoms with van der Waals surface area (Å²) in [6.07, 6.45) is 1.35. The Balaban J connectivity index is 1.35. The van der Waals surface area contributed by atoms with E-state index < -0.39 is 0 Å². The topological polar surface area (TPSA) is 87.7 Å². The highest BCUT2D eigenvalue weighted by molar-refractivity contribution is 5.96. The van der Waals surface area contributed by atoms with E-state index in [1.165, 1.54) is 5.56 Å². The number of ether oxygens (including phenoxy) is 1. The second-order valence-corrected chi connectivity index (χ2v) is 7.81. The third-order valence-corrected chi connectivity index (χ3v) is 5.50. The SMILES string of the molecule is Cc1ccc(OCC(=O)N2CCC(NC(=O)CNC(=O)c3ccccc3)CC2)cc1C. The van der Waals surface area contributed by atoms with Crippen LogP contribution < -0.4 is 15.4 Å². The van der Waals surface area contributed by atoms with E-state index in [-0.39, 0.29) is 36.9 Å². The second kappa shape index (κ2) is 10.6. The lowest BCUT2D eigenvalue weighted by molar-refractivity contribution is -0.134. The fourth-order valence-electron chi connectivity index (χ4n) is 3.44. The third-order valence-electron chi connectivity index (χ3n) is 5.50. The number of amides is 3. The molecule has 1 aliphatic heterocycles. The van der Waals surface area contributed by atoms with Gasteiger partial charge in [-0.05, 0) is 62.1 Å². The van der Waals surface area contributed by atoms with Crippen molar-refractivity contribution in [2.24, 2.45) is 0 Å². The molecule has 0 aromatic heterocycles. The molecule has 1 fully saturated rings. The predicted octanol–water partition coefficient (Wildman–Crippen LogP) is 2.22.